The van der Waals surface area contributed by atoms with Gasteiger partial charge in [-0.3, -0.25) is 9.89 Å². The summed E-state index contributed by atoms with van der Waals surface area (Å²) < 4.78 is 0. The maximum atomic E-state index is 12.0. The molecule has 3 N–H and O–H groups in total. The average molecular weight is 308 g/mol. The number of H-pyrrole nitrogens is 1. The molecule has 0 aliphatic heterocycles. The number of benzene rings is 1. The molecule has 0 saturated carbocycles. The van der Waals surface area contributed by atoms with Crippen LogP contribution in [0.2, 0.25) is 5.02 Å². The number of carbonyl (C=O) groups excluding carboxylic acids is 1. The van der Waals surface area contributed by atoms with E-state index in [9.17, 15) is 9.90 Å². The number of halogens is 1. The molecule has 6 heteroatoms. The lowest BCUT2D eigenvalue weighted by Gasteiger charge is -2.15. The predicted molar refractivity (Wildman–Crippen MR) is 81.4 cm³/mol. The molecule has 1 amide bonds. The minimum atomic E-state index is -0.184. The van der Waals surface area contributed by atoms with Gasteiger partial charge in [0.25, 0.3) is 5.91 Å². The summed E-state index contributed by atoms with van der Waals surface area (Å²) in [6, 6.07) is 7.48. The number of aliphatic hydroxyl groups is 1. The molecule has 112 valence electrons. The van der Waals surface area contributed by atoms with E-state index in [4.69, 9.17) is 11.6 Å². The molecule has 2 rings (SSSR count). The van der Waals surface area contributed by atoms with E-state index in [1.807, 2.05) is 24.3 Å². The van der Waals surface area contributed by atoms with Crippen molar-refractivity contribution in [3.63, 3.8) is 0 Å². The fourth-order valence-corrected chi connectivity index (χ4v) is 2.19. The molecule has 0 fully saturated rings. The highest BCUT2D eigenvalue weighted by Crippen LogP contribution is 2.13. The molecule has 1 aromatic carbocycles. The van der Waals surface area contributed by atoms with E-state index in [0.717, 1.165) is 11.3 Å². The van der Waals surface area contributed by atoms with Gasteiger partial charge in [0.15, 0.2) is 0 Å². The quantitative estimate of drug-likeness (QED) is 0.763. The van der Waals surface area contributed by atoms with Crippen LogP contribution in [0.5, 0.6) is 0 Å². The fraction of sp³-hybridized carbons (Fsp3) is 0.333. The smallest absolute Gasteiger partial charge is 0.254 e. The van der Waals surface area contributed by atoms with Crippen molar-refractivity contribution in [1.29, 1.82) is 0 Å². The lowest BCUT2D eigenvalue weighted by Crippen LogP contribution is -2.32. The first-order valence-electron chi connectivity index (χ1n) is 6.73. The highest BCUT2D eigenvalue weighted by molar-refractivity contribution is 6.30. The fourth-order valence-electron chi connectivity index (χ4n) is 2.07. The normalized spacial score (nSPS) is 12.1. The maximum Gasteiger partial charge on any atom is 0.254 e. The van der Waals surface area contributed by atoms with Crippen LogP contribution in [-0.4, -0.2) is 34.4 Å². The number of aliphatic hydroxyl groups excluding tert-OH is 1. The van der Waals surface area contributed by atoms with E-state index in [1.54, 1.807) is 6.92 Å². The zero-order chi connectivity index (χ0) is 15.2. The largest absolute Gasteiger partial charge is 0.396 e. The highest BCUT2D eigenvalue weighted by Gasteiger charge is 2.14. The lowest BCUT2D eigenvalue weighted by atomic mass is 10.00. The van der Waals surface area contributed by atoms with Crippen LogP contribution in [0.15, 0.2) is 30.5 Å². The summed E-state index contributed by atoms with van der Waals surface area (Å²) >= 11 is 5.84. The molecule has 1 aromatic heterocycles. The number of aryl methyl sites for hydroxylation is 1. The summed E-state index contributed by atoms with van der Waals surface area (Å²) in [6.45, 7) is 2.20. The van der Waals surface area contributed by atoms with Gasteiger partial charge in [0, 0.05) is 29.8 Å². The Balaban J connectivity index is 1.89. The molecule has 2 aromatic rings. The molecule has 5 nitrogen and oxygen atoms in total. The van der Waals surface area contributed by atoms with Gasteiger partial charge in [0.1, 0.15) is 0 Å². The van der Waals surface area contributed by atoms with Gasteiger partial charge in [-0.25, -0.2) is 0 Å². The molecule has 0 radical (unpaired) electrons. The van der Waals surface area contributed by atoms with Gasteiger partial charge >= 0.3 is 0 Å². The second-order valence-corrected chi connectivity index (χ2v) is 5.43. The van der Waals surface area contributed by atoms with Crippen LogP contribution in [-0.2, 0) is 6.42 Å². The van der Waals surface area contributed by atoms with E-state index in [2.05, 4.69) is 15.5 Å². The molecule has 0 unspecified atom stereocenters. The van der Waals surface area contributed by atoms with Gasteiger partial charge in [-0.05, 0) is 31.0 Å². The second kappa shape index (κ2) is 7.24. The second-order valence-electron chi connectivity index (χ2n) is 5.00. The number of nitrogens with one attached hydrogen (secondary N) is 2. The van der Waals surface area contributed by atoms with Gasteiger partial charge in [-0.15, -0.1) is 0 Å². The lowest BCUT2D eigenvalue weighted by molar-refractivity contribution is 0.0939. The topological polar surface area (TPSA) is 78.0 Å². The van der Waals surface area contributed by atoms with Crippen molar-refractivity contribution in [3.8, 4) is 0 Å². The number of amides is 1. The van der Waals surface area contributed by atoms with Crippen molar-refractivity contribution in [2.24, 2.45) is 5.92 Å². The molecule has 21 heavy (non-hydrogen) atoms. The minimum absolute atomic E-state index is 0.00722. The Bertz CT molecular complexity index is 595. The van der Waals surface area contributed by atoms with Crippen LogP contribution in [0.3, 0.4) is 0 Å². The van der Waals surface area contributed by atoms with Crippen molar-refractivity contribution in [2.75, 3.05) is 13.2 Å². The molecule has 0 bridgehead atoms. The summed E-state index contributed by atoms with van der Waals surface area (Å²) in [5, 5.41) is 19.5. The summed E-state index contributed by atoms with van der Waals surface area (Å²) in [6.07, 6.45) is 2.18. The predicted octanol–water partition coefficient (Wildman–Crippen LogP) is 1.95. The van der Waals surface area contributed by atoms with Crippen molar-refractivity contribution in [2.45, 2.75) is 13.3 Å². The third-order valence-corrected chi connectivity index (χ3v) is 3.57. The number of hydrogen-bond acceptors (Lipinski definition) is 3. The first-order chi connectivity index (χ1) is 10.1. The summed E-state index contributed by atoms with van der Waals surface area (Å²) in [5.74, 6) is -0.224. The molecule has 0 aliphatic carbocycles. The van der Waals surface area contributed by atoms with Crippen LogP contribution in [0.25, 0.3) is 0 Å². The average Bonchev–Trinajstić information content (AvgIpc) is 2.91. The Morgan fingerprint density at radius 3 is 2.71 bits per heavy atom. The van der Waals surface area contributed by atoms with E-state index < -0.39 is 0 Å². The van der Waals surface area contributed by atoms with Crippen molar-refractivity contribution in [1.82, 2.24) is 15.5 Å². The van der Waals surface area contributed by atoms with Crippen molar-refractivity contribution >= 4 is 17.5 Å². The Morgan fingerprint density at radius 2 is 2.14 bits per heavy atom. The SMILES string of the molecule is Cc1[nH]ncc1C(=O)NC[C@@H](CO)Cc1ccc(Cl)cc1. The van der Waals surface area contributed by atoms with E-state index in [1.165, 1.54) is 6.20 Å². The highest BCUT2D eigenvalue weighted by atomic mass is 35.5. The summed E-state index contributed by atoms with van der Waals surface area (Å²) in [4.78, 5) is 12.0. The van der Waals surface area contributed by atoms with Crippen LogP contribution in [0.4, 0.5) is 0 Å². The first-order valence-corrected chi connectivity index (χ1v) is 7.11. The van der Waals surface area contributed by atoms with Gasteiger partial charge in [0.2, 0.25) is 0 Å². The van der Waals surface area contributed by atoms with Crippen LogP contribution in [0, 0.1) is 12.8 Å². The van der Waals surface area contributed by atoms with E-state index >= 15 is 0 Å². The van der Waals surface area contributed by atoms with Crippen molar-refractivity contribution in [3.05, 3.63) is 52.3 Å². The van der Waals surface area contributed by atoms with E-state index in [-0.39, 0.29) is 18.4 Å². The minimum Gasteiger partial charge on any atom is -0.396 e. The number of rotatable bonds is 6. The zero-order valence-corrected chi connectivity index (χ0v) is 12.5. The number of nitrogens with zero attached hydrogens (tertiary/aromatic N) is 1. The van der Waals surface area contributed by atoms with Crippen LogP contribution in [0.1, 0.15) is 21.6 Å². The third-order valence-electron chi connectivity index (χ3n) is 3.32. The molecule has 0 aliphatic rings. The van der Waals surface area contributed by atoms with Gasteiger partial charge in [-0.2, -0.15) is 5.10 Å². The standard InChI is InChI=1S/C15H18ClN3O2/c1-10-14(8-18-19-10)15(21)17-7-12(9-20)6-11-2-4-13(16)5-3-11/h2-5,8,12,20H,6-7,9H2,1H3,(H,17,21)(H,18,19)/t12-/m0/s1. The molecular formula is C15H18ClN3O2. The van der Waals surface area contributed by atoms with Gasteiger partial charge < -0.3 is 10.4 Å². The third kappa shape index (κ3) is 4.31. The molecule has 1 heterocycles. The van der Waals surface area contributed by atoms with Crippen LogP contribution >= 0.6 is 11.6 Å². The Kier molecular flexibility index (Phi) is 5.36. The number of carbonyl (C=O) groups is 1. The number of hydrogen-bond donors (Lipinski definition) is 3. The van der Waals surface area contributed by atoms with E-state index in [0.29, 0.717) is 23.6 Å². The zero-order valence-electron chi connectivity index (χ0n) is 11.8. The van der Waals surface area contributed by atoms with Gasteiger partial charge in [-0.1, -0.05) is 23.7 Å². The van der Waals surface area contributed by atoms with Crippen molar-refractivity contribution < 1.29 is 9.90 Å². The number of aromatic amines is 1. The van der Waals surface area contributed by atoms with Gasteiger partial charge in [0.05, 0.1) is 11.8 Å². The molecule has 1 atom stereocenters. The molecular weight excluding hydrogens is 290 g/mol. The molecule has 0 spiro atoms. The van der Waals surface area contributed by atoms with Crippen LogP contribution < -0.4 is 5.32 Å². The molecule has 0 saturated heterocycles. The Labute approximate surface area is 128 Å². The first kappa shape index (κ1) is 15.5. The Hall–Kier alpha value is -1.85. The monoisotopic (exact) mass is 307 g/mol. The summed E-state index contributed by atoms with van der Waals surface area (Å²) in [7, 11) is 0. The number of aromatic nitrogens is 2. The Morgan fingerprint density at radius 1 is 1.43 bits per heavy atom. The maximum absolute atomic E-state index is 12.0. The summed E-state index contributed by atoms with van der Waals surface area (Å²) in [5.41, 5.74) is 2.33.